The number of allylic oxidation sites excluding steroid dienone is 1. The lowest BCUT2D eigenvalue weighted by molar-refractivity contribution is 0.948. The van der Waals surface area contributed by atoms with Gasteiger partial charge in [-0.3, -0.25) is 0 Å². The Morgan fingerprint density at radius 1 is 1.50 bits per heavy atom. The highest BCUT2D eigenvalue weighted by molar-refractivity contribution is 8.02. The van der Waals surface area contributed by atoms with Crippen LogP contribution in [0.2, 0.25) is 5.15 Å². The van der Waals surface area contributed by atoms with Crippen LogP contribution < -0.4 is 0 Å². The maximum atomic E-state index is 5.92. The summed E-state index contributed by atoms with van der Waals surface area (Å²) in [6.07, 6.45) is 2.38. The highest BCUT2D eigenvalue weighted by Gasteiger charge is 2.13. The van der Waals surface area contributed by atoms with Crippen LogP contribution in [0.25, 0.3) is 0 Å². The minimum absolute atomic E-state index is 0.583. The maximum absolute atomic E-state index is 5.92. The van der Waals surface area contributed by atoms with Crippen LogP contribution in [0, 0.1) is 0 Å². The molecule has 0 fully saturated rings. The van der Waals surface area contributed by atoms with Crippen LogP contribution in [0.15, 0.2) is 22.3 Å². The average molecular weight is 199 g/mol. The molecule has 4 heteroatoms. The predicted molar refractivity (Wildman–Crippen MR) is 50.4 cm³/mol. The van der Waals surface area contributed by atoms with Crippen molar-refractivity contribution in [2.45, 2.75) is 18.4 Å². The van der Waals surface area contributed by atoms with Crippen molar-refractivity contribution in [3.8, 4) is 0 Å². The summed E-state index contributed by atoms with van der Waals surface area (Å²) in [5.41, 5.74) is 2.37. The number of fused-ring (bicyclic) bond motifs is 1. The largest absolute Gasteiger partial charge is 0.229 e. The highest BCUT2D eigenvalue weighted by Crippen LogP contribution is 2.32. The van der Waals surface area contributed by atoms with Crippen LogP contribution in [0.5, 0.6) is 0 Å². The third-order valence-electron chi connectivity index (χ3n) is 1.68. The first kappa shape index (κ1) is 8.08. The van der Waals surface area contributed by atoms with Gasteiger partial charge in [0.25, 0.3) is 0 Å². The van der Waals surface area contributed by atoms with E-state index in [2.05, 4.69) is 22.3 Å². The van der Waals surface area contributed by atoms with Crippen LogP contribution in [-0.4, -0.2) is 9.97 Å². The summed E-state index contributed by atoms with van der Waals surface area (Å²) < 4.78 is 0. The van der Waals surface area contributed by atoms with E-state index in [1.54, 1.807) is 11.8 Å². The topological polar surface area (TPSA) is 25.8 Å². The minimum Gasteiger partial charge on any atom is -0.229 e. The Morgan fingerprint density at radius 3 is 3.17 bits per heavy atom. The second kappa shape index (κ2) is 3.07. The van der Waals surface area contributed by atoms with Gasteiger partial charge in [0, 0.05) is 5.56 Å². The zero-order chi connectivity index (χ0) is 8.55. The van der Waals surface area contributed by atoms with Crippen LogP contribution in [0.1, 0.15) is 12.5 Å². The third kappa shape index (κ3) is 1.34. The molecule has 2 heterocycles. The first-order valence-electron chi connectivity index (χ1n) is 3.59. The molecule has 2 nitrogen and oxygen atoms in total. The number of nitrogens with zero attached hydrogens (tertiary/aromatic N) is 2. The van der Waals surface area contributed by atoms with Gasteiger partial charge in [0.1, 0.15) is 16.5 Å². The van der Waals surface area contributed by atoms with Crippen molar-refractivity contribution in [1.82, 2.24) is 9.97 Å². The Bertz CT molecular complexity index is 349. The highest BCUT2D eigenvalue weighted by atomic mass is 35.5. The Morgan fingerprint density at radius 2 is 2.33 bits per heavy atom. The zero-order valence-electron chi connectivity index (χ0n) is 6.54. The van der Waals surface area contributed by atoms with Crippen molar-refractivity contribution >= 4 is 23.4 Å². The lowest BCUT2D eigenvalue weighted by Gasteiger charge is -2.12. The van der Waals surface area contributed by atoms with Gasteiger partial charge in [-0.05, 0) is 18.8 Å². The fourth-order valence-electron chi connectivity index (χ4n) is 1.10. The number of thioether (sulfide) groups is 1. The number of hydrogen-bond donors (Lipinski definition) is 0. The molecule has 0 bridgehead atoms. The van der Waals surface area contributed by atoms with Crippen LogP contribution in [0.3, 0.4) is 0 Å². The SMILES string of the molecule is CC1=CSc2ncnc(Cl)c2C1. The van der Waals surface area contributed by atoms with Crippen molar-refractivity contribution in [1.29, 1.82) is 0 Å². The van der Waals surface area contributed by atoms with Crippen LogP contribution in [0.4, 0.5) is 0 Å². The number of rotatable bonds is 0. The van der Waals surface area contributed by atoms with Gasteiger partial charge in [-0.2, -0.15) is 0 Å². The number of aromatic nitrogens is 2. The van der Waals surface area contributed by atoms with Crippen molar-refractivity contribution in [3.05, 3.63) is 28.0 Å². The molecule has 1 aromatic heterocycles. The molecule has 1 aromatic rings. The van der Waals surface area contributed by atoms with Gasteiger partial charge in [-0.15, -0.1) is 0 Å². The smallest absolute Gasteiger partial charge is 0.137 e. The van der Waals surface area contributed by atoms with E-state index < -0.39 is 0 Å². The molecular weight excluding hydrogens is 192 g/mol. The van der Waals surface area contributed by atoms with Gasteiger partial charge < -0.3 is 0 Å². The molecule has 0 saturated carbocycles. The van der Waals surface area contributed by atoms with Crippen molar-refractivity contribution in [3.63, 3.8) is 0 Å². The van der Waals surface area contributed by atoms with Gasteiger partial charge in [0.05, 0.1) is 0 Å². The lowest BCUT2D eigenvalue weighted by Crippen LogP contribution is -1.99. The summed E-state index contributed by atoms with van der Waals surface area (Å²) in [5, 5.41) is 3.67. The van der Waals surface area contributed by atoms with Gasteiger partial charge in [0.2, 0.25) is 0 Å². The Balaban J connectivity index is 2.49. The second-order valence-electron chi connectivity index (χ2n) is 2.71. The van der Waals surface area contributed by atoms with Crippen molar-refractivity contribution in [2.24, 2.45) is 0 Å². The summed E-state index contributed by atoms with van der Waals surface area (Å²) in [6, 6.07) is 0. The van der Waals surface area contributed by atoms with E-state index in [1.807, 2.05) is 0 Å². The van der Waals surface area contributed by atoms with Crippen LogP contribution >= 0.6 is 23.4 Å². The molecule has 1 aliphatic rings. The Labute approximate surface area is 80.1 Å². The fourth-order valence-corrected chi connectivity index (χ4v) is 2.17. The first-order valence-corrected chi connectivity index (χ1v) is 4.85. The predicted octanol–water partition coefficient (Wildman–Crippen LogP) is 2.68. The molecule has 0 unspecified atom stereocenters. The molecule has 0 N–H and O–H groups in total. The zero-order valence-corrected chi connectivity index (χ0v) is 8.11. The lowest BCUT2D eigenvalue weighted by atomic mass is 10.1. The van der Waals surface area contributed by atoms with E-state index >= 15 is 0 Å². The summed E-state index contributed by atoms with van der Waals surface area (Å²) >= 11 is 7.53. The number of halogens is 1. The first-order chi connectivity index (χ1) is 5.77. The summed E-state index contributed by atoms with van der Waals surface area (Å²) in [4.78, 5) is 8.08. The maximum Gasteiger partial charge on any atom is 0.137 e. The summed E-state index contributed by atoms with van der Waals surface area (Å²) in [7, 11) is 0. The van der Waals surface area contributed by atoms with E-state index in [0.29, 0.717) is 5.15 Å². The van der Waals surface area contributed by atoms with E-state index in [0.717, 1.165) is 17.0 Å². The average Bonchev–Trinajstić information content (AvgIpc) is 2.07. The Kier molecular flexibility index (Phi) is 2.07. The molecule has 12 heavy (non-hydrogen) atoms. The fraction of sp³-hybridized carbons (Fsp3) is 0.250. The summed E-state index contributed by atoms with van der Waals surface area (Å²) in [6.45, 7) is 2.08. The second-order valence-corrected chi connectivity index (χ2v) is 3.92. The molecule has 0 aromatic carbocycles. The Hall–Kier alpha value is -0.540. The van der Waals surface area contributed by atoms with Gasteiger partial charge >= 0.3 is 0 Å². The van der Waals surface area contributed by atoms with E-state index in [9.17, 15) is 0 Å². The third-order valence-corrected chi connectivity index (χ3v) is 3.10. The minimum atomic E-state index is 0.583. The normalized spacial score (nSPS) is 15.3. The monoisotopic (exact) mass is 198 g/mol. The van der Waals surface area contributed by atoms with Crippen molar-refractivity contribution < 1.29 is 0 Å². The number of hydrogen-bond acceptors (Lipinski definition) is 3. The molecule has 0 radical (unpaired) electrons. The van der Waals surface area contributed by atoms with E-state index in [1.165, 1.54) is 11.9 Å². The molecule has 1 aliphatic heterocycles. The molecule has 0 saturated heterocycles. The molecule has 0 spiro atoms. The van der Waals surface area contributed by atoms with Gasteiger partial charge in [-0.1, -0.05) is 28.9 Å². The van der Waals surface area contributed by atoms with E-state index in [-0.39, 0.29) is 0 Å². The standard InChI is InChI=1S/C8H7ClN2S/c1-5-2-6-7(9)10-4-11-8(6)12-3-5/h3-4H,2H2,1H3. The molecular formula is C8H7ClN2S. The quantitative estimate of drug-likeness (QED) is 0.600. The van der Waals surface area contributed by atoms with E-state index in [4.69, 9.17) is 11.6 Å². The van der Waals surface area contributed by atoms with Gasteiger partial charge in [-0.25, -0.2) is 9.97 Å². The molecule has 0 amide bonds. The molecule has 2 rings (SSSR count). The van der Waals surface area contributed by atoms with Gasteiger partial charge in [0.15, 0.2) is 0 Å². The van der Waals surface area contributed by atoms with Crippen molar-refractivity contribution in [2.75, 3.05) is 0 Å². The molecule has 0 atom stereocenters. The summed E-state index contributed by atoms with van der Waals surface area (Å²) in [5.74, 6) is 0. The molecule has 0 aliphatic carbocycles. The molecule has 62 valence electrons. The van der Waals surface area contributed by atoms with Crippen LogP contribution in [-0.2, 0) is 6.42 Å².